The third kappa shape index (κ3) is 7.92. The number of nitrogens with zero attached hydrogens (tertiary/aromatic N) is 2. The molecule has 2 heterocycles. The van der Waals surface area contributed by atoms with Gasteiger partial charge >= 0.3 is 0 Å². The van der Waals surface area contributed by atoms with Crippen LogP contribution in [0.2, 0.25) is 0 Å². The number of phenols is 1. The molecule has 0 radical (unpaired) electrons. The second-order valence-electron chi connectivity index (χ2n) is 8.21. The van der Waals surface area contributed by atoms with Crippen LogP contribution >= 0.6 is 0 Å². The standard InChI is InChI=1S/C23H23FN2O.C6H13N/c1-5-16(18(7-3)15-25-4)12-17(6-2)19-10-11-26-23(13-19)21-14-20(27)8-9-22(21)24;1-6-2-4-7-5-3-6/h5-15,27H,1H2,2-4H3;6-7H,2-5H2,1H3/b16-12+,17-6+,18-7+,25-15?;. The number of aliphatic imine (C=N–C) groups is 1. The molecule has 0 amide bonds. The zero-order valence-electron chi connectivity index (χ0n) is 20.7. The molecule has 0 bridgehead atoms. The van der Waals surface area contributed by atoms with E-state index in [-0.39, 0.29) is 11.3 Å². The second-order valence-corrected chi connectivity index (χ2v) is 8.21. The van der Waals surface area contributed by atoms with Crippen LogP contribution < -0.4 is 5.32 Å². The number of benzene rings is 1. The molecule has 1 aliphatic heterocycles. The van der Waals surface area contributed by atoms with Crippen LogP contribution in [-0.4, -0.2) is 36.4 Å². The Morgan fingerprint density at radius 3 is 2.44 bits per heavy atom. The van der Waals surface area contributed by atoms with E-state index in [1.165, 1.54) is 44.1 Å². The molecule has 1 aromatic carbocycles. The van der Waals surface area contributed by atoms with Crippen molar-refractivity contribution in [3.63, 3.8) is 0 Å². The van der Waals surface area contributed by atoms with Crippen molar-refractivity contribution in [1.29, 1.82) is 0 Å². The van der Waals surface area contributed by atoms with Crippen molar-refractivity contribution in [1.82, 2.24) is 10.3 Å². The summed E-state index contributed by atoms with van der Waals surface area (Å²) in [4.78, 5) is 8.33. The van der Waals surface area contributed by atoms with E-state index in [2.05, 4.69) is 28.8 Å². The van der Waals surface area contributed by atoms with Gasteiger partial charge in [-0.3, -0.25) is 9.98 Å². The van der Waals surface area contributed by atoms with E-state index in [4.69, 9.17) is 0 Å². The molecule has 1 aromatic heterocycles. The Morgan fingerprint density at radius 2 is 1.88 bits per heavy atom. The first-order valence-corrected chi connectivity index (χ1v) is 11.7. The van der Waals surface area contributed by atoms with Crippen LogP contribution in [0.25, 0.3) is 16.8 Å². The first-order chi connectivity index (χ1) is 16.4. The Morgan fingerprint density at radius 1 is 1.15 bits per heavy atom. The number of aromatic hydroxyl groups is 1. The van der Waals surface area contributed by atoms with Crippen LogP contribution in [0, 0.1) is 11.7 Å². The molecule has 0 atom stereocenters. The lowest BCUT2D eigenvalue weighted by Crippen LogP contribution is -2.26. The van der Waals surface area contributed by atoms with Gasteiger partial charge in [0.2, 0.25) is 0 Å². The molecule has 1 aliphatic rings. The molecule has 5 heteroatoms. The van der Waals surface area contributed by atoms with Gasteiger partial charge in [0.05, 0.1) is 5.69 Å². The summed E-state index contributed by atoms with van der Waals surface area (Å²) in [6, 6.07) is 7.58. The molecule has 1 saturated heterocycles. The highest BCUT2D eigenvalue weighted by Gasteiger charge is 2.10. The van der Waals surface area contributed by atoms with Crippen LogP contribution in [0.1, 0.15) is 39.2 Å². The number of hydrogen-bond acceptors (Lipinski definition) is 4. The molecule has 0 unspecified atom stereocenters. The van der Waals surface area contributed by atoms with Crippen molar-refractivity contribution in [2.45, 2.75) is 33.6 Å². The molecular formula is C29H36FN3O. The topological polar surface area (TPSA) is 57.5 Å². The Bertz CT molecular complexity index is 1080. The third-order valence-corrected chi connectivity index (χ3v) is 5.70. The van der Waals surface area contributed by atoms with Gasteiger partial charge in [0, 0.05) is 25.0 Å². The van der Waals surface area contributed by atoms with Gasteiger partial charge in [0.1, 0.15) is 11.6 Å². The first kappa shape index (κ1) is 26.9. The zero-order chi connectivity index (χ0) is 24.9. The molecule has 180 valence electrons. The number of hydrogen-bond donors (Lipinski definition) is 2. The van der Waals surface area contributed by atoms with Gasteiger partial charge < -0.3 is 10.4 Å². The highest BCUT2D eigenvalue weighted by Crippen LogP contribution is 2.28. The molecule has 34 heavy (non-hydrogen) atoms. The smallest absolute Gasteiger partial charge is 0.132 e. The molecule has 4 nitrogen and oxygen atoms in total. The minimum Gasteiger partial charge on any atom is -0.508 e. The number of allylic oxidation sites excluding steroid dienone is 7. The Labute approximate surface area is 203 Å². The molecule has 3 rings (SSSR count). The summed E-state index contributed by atoms with van der Waals surface area (Å²) in [5.41, 5.74) is 4.42. The van der Waals surface area contributed by atoms with E-state index in [1.807, 2.05) is 38.1 Å². The average Bonchev–Trinajstić information content (AvgIpc) is 2.86. The van der Waals surface area contributed by atoms with Gasteiger partial charge in [-0.05, 0) is 104 Å². The summed E-state index contributed by atoms with van der Waals surface area (Å²) in [7, 11) is 1.72. The lowest BCUT2D eigenvalue weighted by Gasteiger charge is -2.17. The van der Waals surface area contributed by atoms with Crippen molar-refractivity contribution >= 4 is 11.8 Å². The maximum atomic E-state index is 14.2. The van der Waals surface area contributed by atoms with Crippen molar-refractivity contribution in [2.75, 3.05) is 20.1 Å². The fraction of sp³-hybridized carbons (Fsp3) is 0.310. The molecule has 2 N–H and O–H groups in total. The number of halogens is 1. The van der Waals surface area contributed by atoms with Crippen molar-refractivity contribution in [3.8, 4) is 17.0 Å². The van der Waals surface area contributed by atoms with E-state index >= 15 is 0 Å². The van der Waals surface area contributed by atoms with Crippen molar-refractivity contribution < 1.29 is 9.50 Å². The average molecular weight is 462 g/mol. The highest BCUT2D eigenvalue weighted by molar-refractivity contribution is 5.88. The van der Waals surface area contributed by atoms with Crippen molar-refractivity contribution in [3.05, 3.63) is 89.9 Å². The number of nitrogens with one attached hydrogen (secondary N) is 1. The van der Waals surface area contributed by atoms with Crippen molar-refractivity contribution in [2.24, 2.45) is 10.9 Å². The largest absolute Gasteiger partial charge is 0.508 e. The minimum atomic E-state index is -0.433. The fourth-order valence-electron chi connectivity index (χ4n) is 3.65. The molecule has 0 saturated carbocycles. The Kier molecular flexibility index (Phi) is 11.1. The maximum absolute atomic E-state index is 14.2. The van der Waals surface area contributed by atoms with Crippen LogP contribution in [0.15, 0.2) is 83.6 Å². The van der Waals surface area contributed by atoms with Crippen LogP contribution in [0.3, 0.4) is 0 Å². The number of aromatic nitrogens is 1. The van der Waals surface area contributed by atoms with E-state index < -0.39 is 5.82 Å². The lowest BCUT2D eigenvalue weighted by molar-refractivity contribution is 0.402. The summed E-state index contributed by atoms with van der Waals surface area (Å²) in [6.07, 6.45) is 13.9. The molecular weight excluding hydrogens is 425 g/mol. The second kappa shape index (κ2) is 14.1. The highest BCUT2D eigenvalue weighted by atomic mass is 19.1. The molecule has 0 aliphatic carbocycles. The van der Waals surface area contributed by atoms with Gasteiger partial charge in [0.15, 0.2) is 0 Å². The summed E-state index contributed by atoms with van der Waals surface area (Å²) in [6.45, 7) is 12.6. The summed E-state index contributed by atoms with van der Waals surface area (Å²) in [5, 5.41) is 13.0. The molecule has 1 fully saturated rings. The minimum absolute atomic E-state index is 0.00437. The normalized spacial score (nSPS) is 15.7. The monoisotopic (exact) mass is 461 g/mol. The van der Waals surface area contributed by atoms with Gasteiger partial charge in [0.25, 0.3) is 0 Å². The number of pyridine rings is 1. The van der Waals surface area contributed by atoms with Gasteiger partial charge in [-0.15, -0.1) is 0 Å². The molecule has 2 aromatic rings. The van der Waals surface area contributed by atoms with E-state index in [9.17, 15) is 9.50 Å². The van der Waals surface area contributed by atoms with E-state index in [0.29, 0.717) is 5.69 Å². The maximum Gasteiger partial charge on any atom is 0.132 e. The SMILES string of the molecule is C=CC(=C\C(=C/C)c1ccnc(-c2cc(O)ccc2F)c1)/C(C=NC)=C/C.CC1CCNCC1. The number of phenolic OH excluding ortho intramolecular Hbond substituents is 1. The van der Waals surface area contributed by atoms with E-state index in [1.54, 1.807) is 31.6 Å². The summed E-state index contributed by atoms with van der Waals surface area (Å²) >= 11 is 0. The fourth-order valence-corrected chi connectivity index (χ4v) is 3.65. The predicted molar refractivity (Wildman–Crippen MR) is 143 cm³/mol. The molecule has 0 spiro atoms. The van der Waals surface area contributed by atoms with Crippen LogP contribution in [0.4, 0.5) is 4.39 Å². The zero-order valence-corrected chi connectivity index (χ0v) is 20.7. The number of piperidine rings is 1. The summed E-state index contributed by atoms with van der Waals surface area (Å²) < 4.78 is 14.2. The van der Waals surface area contributed by atoms with E-state index in [0.717, 1.165) is 28.2 Å². The Hall–Kier alpha value is -3.31. The van der Waals surface area contributed by atoms with Crippen LogP contribution in [0.5, 0.6) is 5.75 Å². The quantitative estimate of drug-likeness (QED) is 0.369. The van der Waals surface area contributed by atoms with Gasteiger partial charge in [-0.2, -0.15) is 0 Å². The lowest BCUT2D eigenvalue weighted by atomic mass is 9.98. The van der Waals surface area contributed by atoms with Crippen LogP contribution in [-0.2, 0) is 0 Å². The number of rotatable bonds is 6. The Balaban J connectivity index is 0.000000497. The predicted octanol–water partition coefficient (Wildman–Crippen LogP) is 6.76. The summed E-state index contributed by atoms with van der Waals surface area (Å²) in [5.74, 6) is 0.536. The first-order valence-electron chi connectivity index (χ1n) is 11.7. The third-order valence-electron chi connectivity index (χ3n) is 5.70. The van der Waals surface area contributed by atoms with Gasteiger partial charge in [-0.25, -0.2) is 4.39 Å². The van der Waals surface area contributed by atoms with Gasteiger partial charge in [-0.1, -0.05) is 31.7 Å².